The fourth-order valence-corrected chi connectivity index (χ4v) is 3.36. The van der Waals surface area contributed by atoms with Crippen molar-refractivity contribution in [2.45, 2.75) is 38.4 Å². The monoisotopic (exact) mass is 467 g/mol. The van der Waals surface area contributed by atoms with Crippen LogP contribution in [0.1, 0.15) is 34.6 Å². The molecule has 2 unspecified atom stereocenters. The molecular formula is C25H25NO8. The smallest absolute Gasteiger partial charge is 0.338 e. The molecule has 0 radical (unpaired) electrons. The van der Waals surface area contributed by atoms with Gasteiger partial charge < -0.3 is 19.3 Å². The van der Waals surface area contributed by atoms with Crippen molar-refractivity contribution >= 4 is 23.6 Å². The molecule has 2 aromatic rings. The number of aliphatic hydroxyl groups is 1. The van der Waals surface area contributed by atoms with Crippen LogP contribution in [0.25, 0.3) is 0 Å². The maximum atomic E-state index is 12.6. The lowest BCUT2D eigenvalue weighted by Crippen LogP contribution is -2.45. The number of carbonyl (C=O) groups is 4. The van der Waals surface area contributed by atoms with Gasteiger partial charge in [0.15, 0.2) is 18.1 Å². The van der Waals surface area contributed by atoms with Crippen molar-refractivity contribution in [2.75, 3.05) is 6.61 Å². The molecule has 1 saturated heterocycles. The van der Waals surface area contributed by atoms with Crippen LogP contribution in [0.3, 0.4) is 0 Å². The van der Waals surface area contributed by atoms with E-state index in [1.54, 1.807) is 60.7 Å². The topological polar surface area (TPSA) is 119 Å². The van der Waals surface area contributed by atoms with Gasteiger partial charge >= 0.3 is 11.9 Å². The first-order valence-electron chi connectivity index (χ1n) is 10.6. The number of ketones is 1. The molecule has 9 nitrogen and oxygen atoms in total. The minimum Gasteiger partial charge on any atom is -0.459 e. The Hall–Kier alpha value is -3.82. The van der Waals surface area contributed by atoms with E-state index < -0.39 is 42.4 Å². The molecule has 3 rings (SSSR count). The number of esters is 2. The van der Waals surface area contributed by atoms with Gasteiger partial charge in [-0.25, -0.2) is 9.59 Å². The third-order valence-electron chi connectivity index (χ3n) is 5.06. The number of aliphatic hydroxyl groups excluding tert-OH is 1. The van der Waals surface area contributed by atoms with E-state index in [2.05, 4.69) is 0 Å². The van der Waals surface area contributed by atoms with E-state index in [4.69, 9.17) is 14.2 Å². The summed E-state index contributed by atoms with van der Waals surface area (Å²) in [7, 11) is 0. The average molecular weight is 467 g/mol. The number of carbonyl (C=O) groups excluding carboxylic acids is 4. The largest absolute Gasteiger partial charge is 0.459 e. The molecule has 9 heteroatoms. The molecule has 0 aromatic heterocycles. The van der Waals surface area contributed by atoms with Crippen LogP contribution >= 0.6 is 0 Å². The maximum Gasteiger partial charge on any atom is 0.338 e. The molecule has 1 fully saturated rings. The molecule has 1 N–H and O–H groups in total. The lowest BCUT2D eigenvalue weighted by molar-refractivity contribution is -0.143. The highest BCUT2D eigenvalue weighted by Gasteiger charge is 2.49. The number of allylic oxidation sites excluding steroid dienone is 1. The van der Waals surface area contributed by atoms with Gasteiger partial charge in [-0.05, 0) is 37.3 Å². The van der Waals surface area contributed by atoms with Crippen molar-refractivity contribution in [1.29, 1.82) is 0 Å². The summed E-state index contributed by atoms with van der Waals surface area (Å²) in [6, 6.07) is 16.4. The van der Waals surface area contributed by atoms with E-state index >= 15 is 0 Å². The minimum absolute atomic E-state index is 0.248. The molecular weight excluding hydrogens is 442 g/mol. The van der Waals surface area contributed by atoms with Gasteiger partial charge in [-0.2, -0.15) is 0 Å². The van der Waals surface area contributed by atoms with Crippen LogP contribution < -0.4 is 0 Å². The van der Waals surface area contributed by atoms with Crippen LogP contribution in [-0.2, 0) is 23.8 Å². The number of nitrogens with zero attached hydrogens (tertiary/aromatic N) is 1. The molecule has 178 valence electrons. The lowest BCUT2D eigenvalue weighted by atomic mass is 10.1. The highest BCUT2D eigenvalue weighted by atomic mass is 16.6. The zero-order valence-electron chi connectivity index (χ0n) is 18.7. The quantitative estimate of drug-likeness (QED) is 0.463. The first-order chi connectivity index (χ1) is 16.3. The van der Waals surface area contributed by atoms with E-state index in [9.17, 15) is 24.3 Å². The molecule has 4 atom stereocenters. The Bertz CT molecular complexity index is 1050. The molecule has 0 saturated carbocycles. The van der Waals surface area contributed by atoms with E-state index in [1.165, 1.54) is 20.0 Å². The van der Waals surface area contributed by atoms with E-state index in [0.717, 1.165) is 11.0 Å². The predicted molar refractivity (Wildman–Crippen MR) is 119 cm³/mol. The number of amides is 1. The third kappa shape index (κ3) is 6.15. The summed E-state index contributed by atoms with van der Waals surface area (Å²) in [4.78, 5) is 49.6. The van der Waals surface area contributed by atoms with Gasteiger partial charge in [-0.3, -0.25) is 14.5 Å². The molecule has 1 amide bonds. The summed E-state index contributed by atoms with van der Waals surface area (Å²) in [5, 5.41) is 10.9. The highest BCUT2D eigenvalue weighted by Crippen LogP contribution is 2.28. The molecule has 1 aliphatic heterocycles. The van der Waals surface area contributed by atoms with Crippen molar-refractivity contribution in [1.82, 2.24) is 4.90 Å². The zero-order valence-corrected chi connectivity index (χ0v) is 18.7. The average Bonchev–Trinajstić information content (AvgIpc) is 3.13. The van der Waals surface area contributed by atoms with E-state index in [1.807, 2.05) is 0 Å². The van der Waals surface area contributed by atoms with Crippen LogP contribution in [0.4, 0.5) is 0 Å². The molecule has 0 aliphatic carbocycles. The Morgan fingerprint density at radius 2 is 1.50 bits per heavy atom. The van der Waals surface area contributed by atoms with Crippen molar-refractivity contribution < 1.29 is 38.5 Å². The summed E-state index contributed by atoms with van der Waals surface area (Å²) in [5.41, 5.74) is 0.559. The second-order valence-corrected chi connectivity index (χ2v) is 7.61. The van der Waals surface area contributed by atoms with Crippen LogP contribution in [0.15, 0.2) is 72.9 Å². The lowest BCUT2D eigenvalue weighted by Gasteiger charge is -2.26. The summed E-state index contributed by atoms with van der Waals surface area (Å²) >= 11 is 0. The van der Waals surface area contributed by atoms with Gasteiger partial charge in [0.25, 0.3) is 0 Å². The van der Waals surface area contributed by atoms with Crippen molar-refractivity contribution in [2.24, 2.45) is 0 Å². The predicted octanol–water partition coefficient (Wildman–Crippen LogP) is 2.11. The van der Waals surface area contributed by atoms with Crippen LogP contribution in [0, 0.1) is 0 Å². The van der Waals surface area contributed by atoms with Gasteiger partial charge in [-0.1, -0.05) is 36.4 Å². The van der Waals surface area contributed by atoms with Crippen molar-refractivity contribution in [3.63, 3.8) is 0 Å². The van der Waals surface area contributed by atoms with E-state index in [-0.39, 0.29) is 18.0 Å². The Balaban J connectivity index is 1.81. The van der Waals surface area contributed by atoms with Crippen molar-refractivity contribution in [3.05, 3.63) is 84.1 Å². The number of benzene rings is 2. The molecule has 1 aliphatic rings. The molecule has 0 bridgehead atoms. The first kappa shape index (κ1) is 24.8. The Morgan fingerprint density at radius 3 is 2.03 bits per heavy atom. The van der Waals surface area contributed by atoms with Gasteiger partial charge in [0.1, 0.15) is 18.8 Å². The number of rotatable bonds is 8. The number of hydrogen-bond acceptors (Lipinski definition) is 8. The van der Waals surface area contributed by atoms with Gasteiger partial charge in [0.2, 0.25) is 5.91 Å². The maximum absolute atomic E-state index is 12.6. The summed E-state index contributed by atoms with van der Waals surface area (Å²) in [5.74, 6) is -2.19. The Morgan fingerprint density at radius 1 is 0.941 bits per heavy atom. The summed E-state index contributed by atoms with van der Waals surface area (Å²) < 4.78 is 16.6. The van der Waals surface area contributed by atoms with Gasteiger partial charge in [0, 0.05) is 13.1 Å². The second kappa shape index (κ2) is 11.4. The normalized spacial score (nSPS) is 21.7. The minimum atomic E-state index is -1.48. The van der Waals surface area contributed by atoms with Crippen molar-refractivity contribution in [3.8, 4) is 0 Å². The number of hydrogen-bond donors (Lipinski definition) is 1. The molecule has 0 spiro atoms. The second-order valence-electron chi connectivity index (χ2n) is 7.61. The van der Waals surface area contributed by atoms with Gasteiger partial charge in [-0.15, -0.1) is 0 Å². The van der Waals surface area contributed by atoms with E-state index in [0.29, 0.717) is 5.56 Å². The summed E-state index contributed by atoms with van der Waals surface area (Å²) in [6.45, 7) is 2.18. The van der Waals surface area contributed by atoms with Gasteiger partial charge in [0.05, 0.1) is 11.1 Å². The first-order valence-corrected chi connectivity index (χ1v) is 10.6. The van der Waals surface area contributed by atoms with Crippen LogP contribution in [-0.4, -0.2) is 64.8 Å². The number of ether oxygens (including phenoxy) is 3. The van der Waals surface area contributed by atoms with Crippen LogP contribution in [0.5, 0.6) is 0 Å². The molecule has 34 heavy (non-hydrogen) atoms. The standard InChI is InChI=1S/C25H25NO8/c1-16(27)13-14-26(17(2)28)23-21(29)22(34-25(31)19-11-7-4-8-12-19)20(33-23)15-32-24(30)18-9-5-3-6-10-18/h3-14,20-23,29H,15H2,1-2H3/b14-13-/t20-,21?,22?,23-/m0/s1. The SMILES string of the molecule is CC(=O)/C=C\N(C(C)=O)[C@H]1O[C@@H](COC(=O)c2ccccc2)C(OC(=O)c2ccccc2)C1O. The molecule has 2 aromatic carbocycles. The Kier molecular flexibility index (Phi) is 8.29. The summed E-state index contributed by atoms with van der Waals surface area (Å²) in [6.07, 6.45) is -2.75. The fraction of sp³-hybridized carbons (Fsp3) is 0.280. The third-order valence-corrected chi connectivity index (χ3v) is 5.06. The highest BCUT2D eigenvalue weighted by molar-refractivity contribution is 5.90. The Labute approximate surface area is 196 Å². The molecule has 1 heterocycles. The fourth-order valence-electron chi connectivity index (χ4n) is 3.36. The zero-order chi connectivity index (χ0) is 24.7. The van der Waals surface area contributed by atoms with Crippen LogP contribution in [0.2, 0.25) is 0 Å².